The van der Waals surface area contributed by atoms with Crippen LogP contribution >= 0.6 is 27.3 Å². The van der Waals surface area contributed by atoms with Gasteiger partial charge in [0, 0.05) is 6.07 Å². The number of para-hydroxylation sites is 2. The van der Waals surface area contributed by atoms with Crippen LogP contribution < -0.4 is 10.2 Å². The number of amides is 1. The van der Waals surface area contributed by atoms with E-state index in [1.54, 1.807) is 6.07 Å². The van der Waals surface area contributed by atoms with Gasteiger partial charge in [0.1, 0.15) is 0 Å². The molecule has 9 heteroatoms. The SMILES string of the molecule is CCC(=NNC(=O)[C@@H](C)Oc1ccccc1[N+](=O)[O-])c1ccc(Br)s1. The van der Waals surface area contributed by atoms with Gasteiger partial charge in [-0.2, -0.15) is 5.10 Å². The molecule has 1 heterocycles. The minimum Gasteiger partial charge on any atom is -0.474 e. The van der Waals surface area contributed by atoms with Gasteiger partial charge in [-0.1, -0.05) is 19.1 Å². The fourth-order valence-electron chi connectivity index (χ4n) is 1.94. The highest BCUT2D eigenvalue weighted by Gasteiger charge is 2.20. The molecule has 0 fully saturated rings. The third-order valence-electron chi connectivity index (χ3n) is 3.23. The predicted molar refractivity (Wildman–Crippen MR) is 100 cm³/mol. The number of rotatable bonds is 7. The maximum Gasteiger partial charge on any atom is 0.310 e. The minimum atomic E-state index is -0.932. The number of carbonyl (C=O) groups excluding carboxylic acids is 1. The van der Waals surface area contributed by atoms with Crippen LogP contribution in [0.2, 0.25) is 0 Å². The molecule has 0 aliphatic carbocycles. The van der Waals surface area contributed by atoms with Crippen molar-refractivity contribution >= 4 is 44.6 Å². The van der Waals surface area contributed by atoms with Crippen LogP contribution in [0.3, 0.4) is 0 Å². The number of hydrogen-bond acceptors (Lipinski definition) is 6. The Labute approximate surface area is 157 Å². The van der Waals surface area contributed by atoms with E-state index < -0.39 is 16.9 Å². The van der Waals surface area contributed by atoms with Crippen LogP contribution in [0.4, 0.5) is 5.69 Å². The summed E-state index contributed by atoms with van der Waals surface area (Å²) in [6.45, 7) is 3.45. The molecule has 0 saturated heterocycles. The highest BCUT2D eigenvalue weighted by molar-refractivity contribution is 9.11. The van der Waals surface area contributed by atoms with Crippen molar-refractivity contribution in [1.29, 1.82) is 0 Å². The Morgan fingerprint density at radius 1 is 1.40 bits per heavy atom. The van der Waals surface area contributed by atoms with E-state index in [4.69, 9.17) is 4.74 Å². The van der Waals surface area contributed by atoms with E-state index >= 15 is 0 Å². The first kappa shape index (κ1) is 19.1. The molecule has 0 spiro atoms. The average Bonchev–Trinajstić information content (AvgIpc) is 3.01. The van der Waals surface area contributed by atoms with Crippen molar-refractivity contribution in [2.45, 2.75) is 26.4 Å². The molecule has 0 aliphatic rings. The molecule has 7 nitrogen and oxygen atoms in total. The van der Waals surface area contributed by atoms with E-state index in [1.165, 1.54) is 36.5 Å². The summed E-state index contributed by atoms with van der Waals surface area (Å²) >= 11 is 4.91. The summed E-state index contributed by atoms with van der Waals surface area (Å²) in [4.78, 5) is 23.5. The molecule has 1 aromatic heterocycles. The number of ether oxygens (including phenoxy) is 1. The quantitative estimate of drug-likeness (QED) is 0.410. The monoisotopic (exact) mass is 425 g/mol. The van der Waals surface area contributed by atoms with Crippen molar-refractivity contribution in [2.75, 3.05) is 0 Å². The zero-order valence-electron chi connectivity index (χ0n) is 13.6. The summed E-state index contributed by atoms with van der Waals surface area (Å²) in [5, 5.41) is 15.1. The van der Waals surface area contributed by atoms with Gasteiger partial charge in [-0.3, -0.25) is 14.9 Å². The largest absolute Gasteiger partial charge is 0.474 e. The number of nitro benzene ring substituents is 1. The van der Waals surface area contributed by atoms with Gasteiger partial charge in [0.25, 0.3) is 5.91 Å². The molecule has 1 atom stereocenters. The Balaban J connectivity index is 2.05. The van der Waals surface area contributed by atoms with Gasteiger partial charge in [0.15, 0.2) is 11.9 Å². The number of hydrazone groups is 1. The lowest BCUT2D eigenvalue weighted by Gasteiger charge is -2.13. The van der Waals surface area contributed by atoms with Crippen LogP contribution in [-0.2, 0) is 4.79 Å². The molecular weight excluding hydrogens is 410 g/mol. The summed E-state index contributed by atoms with van der Waals surface area (Å²) in [5.41, 5.74) is 3.00. The molecule has 0 radical (unpaired) electrons. The maximum absolute atomic E-state index is 12.2. The first-order chi connectivity index (χ1) is 11.9. The van der Waals surface area contributed by atoms with Gasteiger partial charge in [0.05, 0.1) is 19.3 Å². The summed E-state index contributed by atoms with van der Waals surface area (Å²) in [5.74, 6) is -0.447. The van der Waals surface area contributed by atoms with Crippen molar-refractivity contribution in [3.05, 3.63) is 55.2 Å². The highest BCUT2D eigenvalue weighted by Crippen LogP contribution is 2.27. The smallest absolute Gasteiger partial charge is 0.310 e. The standard InChI is InChI=1S/C16H16BrN3O4S/c1-3-11(14-8-9-15(17)25-14)18-19-16(21)10(2)24-13-7-5-4-6-12(13)20(22)23/h4-10H,3H2,1-2H3,(H,19,21)/t10-/m1/s1. The minimum absolute atomic E-state index is 0.0389. The number of hydrogen-bond donors (Lipinski definition) is 1. The number of halogens is 1. The molecule has 0 unspecified atom stereocenters. The van der Waals surface area contributed by atoms with E-state index in [1.807, 2.05) is 19.1 Å². The fourth-order valence-corrected chi connectivity index (χ4v) is 3.39. The van der Waals surface area contributed by atoms with Gasteiger partial charge in [-0.25, -0.2) is 5.43 Å². The van der Waals surface area contributed by atoms with Crippen molar-refractivity contribution < 1.29 is 14.5 Å². The molecule has 0 aliphatic heterocycles. The Bertz CT molecular complexity index is 806. The van der Waals surface area contributed by atoms with Crippen LogP contribution in [0, 0.1) is 10.1 Å². The van der Waals surface area contributed by atoms with Crippen LogP contribution in [0.1, 0.15) is 25.1 Å². The van der Waals surface area contributed by atoms with Crippen LogP contribution in [-0.4, -0.2) is 22.6 Å². The molecule has 0 saturated carbocycles. The van der Waals surface area contributed by atoms with Gasteiger partial charge in [-0.05, 0) is 47.5 Å². The average molecular weight is 426 g/mol. The first-order valence-corrected chi connectivity index (χ1v) is 9.05. The number of nitrogens with zero attached hydrogens (tertiary/aromatic N) is 2. The molecule has 1 N–H and O–H groups in total. The second-order valence-electron chi connectivity index (χ2n) is 4.98. The molecule has 132 valence electrons. The lowest BCUT2D eigenvalue weighted by Crippen LogP contribution is -2.34. The maximum atomic E-state index is 12.2. The lowest BCUT2D eigenvalue weighted by molar-refractivity contribution is -0.386. The van der Waals surface area contributed by atoms with Crippen LogP contribution in [0.25, 0.3) is 0 Å². The number of carbonyl (C=O) groups is 1. The van der Waals surface area contributed by atoms with E-state index in [0.29, 0.717) is 6.42 Å². The van der Waals surface area contributed by atoms with Gasteiger partial charge in [-0.15, -0.1) is 11.3 Å². The topological polar surface area (TPSA) is 93.8 Å². The van der Waals surface area contributed by atoms with E-state index in [-0.39, 0.29) is 11.4 Å². The Kier molecular flexibility index (Phi) is 6.65. The van der Waals surface area contributed by atoms with Crippen molar-refractivity contribution in [3.63, 3.8) is 0 Å². The molecule has 2 rings (SSSR count). The third-order valence-corrected chi connectivity index (χ3v) is 4.90. The van der Waals surface area contributed by atoms with Crippen molar-refractivity contribution in [2.24, 2.45) is 5.10 Å². The number of nitro groups is 1. The molecular formula is C16H16BrN3O4S. The third kappa shape index (κ3) is 5.10. The lowest BCUT2D eigenvalue weighted by atomic mass is 10.2. The molecule has 1 amide bonds. The predicted octanol–water partition coefficient (Wildman–Crippen LogP) is 4.12. The summed E-state index contributed by atoms with van der Waals surface area (Å²) < 4.78 is 6.39. The molecule has 25 heavy (non-hydrogen) atoms. The second-order valence-corrected chi connectivity index (χ2v) is 7.44. The summed E-state index contributed by atoms with van der Waals surface area (Å²) in [6, 6.07) is 9.74. The summed E-state index contributed by atoms with van der Waals surface area (Å²) in [6.07, 6.45) is -0.287. The number of benzene rings is 1. The Hall–Kier alpha value is -2.26. The number of thiophene rings is 1. The van der Waals surface area contributed by atoms with E-state index in [0.717, 1.165) is 14.4 Å². The zero-order valence-corrected chi connectivity index (χ0v) is 16.0. The van der Waals surface area contributed by atoms with Gasteiger partial charge in [0.2, 0.25) is 0 Å². The Morgan fingerprint density at radius 3 is 2.72 bits per heavy atom. The Morgan fingerprint density at radius 2 is 2.12 bits per heavy atom. The molecule has 0 bridgehead atoms. The molecule has 2 aromatic rings. The highest BCUT2D eigenvalue weighted by atomic mass is 79.9. The summed E-state index contributed by atoms with van der Waals surface area (Å²) in [7, 11) is 0. The fraction of sp³-hybridized carbons (Fsp3) is 0.250. The van der Waals surface area contributed by atoms with Crippen LogP contribution in [0.15, 0.2) is 45.3 Å². The van der Waals surface area contributed by atoms with Crippen molar-refractivity contribution in [3.8, 4) is 5.75 Å². The van der Waals surface area contributed by atoms with Crippen molar-refractivity contribution in [1.82, 2.24) is 5.43 Å². The second kappa shape index (κ2) is 8.72. The van der Waals surface area contributed by atoms with E-state index in [9.17, 15) is 14.9 Å². The van der Waals surface area contributed by atoms with E-state index in [2.05, 4.69) is 26.5 Å². The van der Waals surface area contributed by atoms with Gasteiger partial charge >= 0.3 is 5.69 Å². The first-order valence-electron chi connectivity index (χ1n) is 7.44. The molecule has 1 aromatic carbocycles. The van der Waals surface area contributed by atoms with Crippen LogP contribution in [0.5, 0.6) is 5.75 Å². The zero-order chi connectivity index (χ0) is 18.4. The van der Waals surface area contributed by atoms with Gasteiger partial charge < -0.3 is 4.74 Å². The normalized spacial score (nSPS) is 12.5. The number of nitrogens with one attached hydrogen (secondary N) is 1.